The van der Waals surface area contributed by atoms with Crippen LogP contribution < -0.4 is 10.1 Å². The van der Waals surface area contributed by atoms with Crippen molar-refractivity contribution in [1.29, 1.82) is 0 Å². The van der Waals surface area contributed by atoms with Crippen molar-refractivity contribution in [3.05, 3.63) is 22.2 Å². The van der Waals surface area contributed by atoms with Gasteiger partial charge >= 0.3 is 0 Å². The maximum absolute atomic E-state index is 11.5. The molecule has 1 aromatic rings. The summed E-state index contributed by atoms with van der Waals surface area (Å²) >= 11 is 4.88. The molecule has 0 bridgehead atoms. The van der Waals surface area contributed by atoms with Gasteiger partial charge in [-0.15, -0.1) is 0 Å². The predicted octanol–water partition coefficient (Wildman–Crippen LogP) is 3.07. The fraction of sp³-hybridized carbons (Fsp3) is 0.364. The highest BCUT2D eigenvalue weighted by molar-refractivity contribution is 9.10. The Labute approximate surface area is 108 Å². The van der Waals surface area contributed by atoms with E-state index in [0.29, 0.717) is 11.5 Å². The second-order valence-electron chi connectivity index (χ2n) is 3.28. The third-order valence-electron chi connectivity index (χ3n) is 2.02. The summed E-state index contributed by atoms with van der Waals surface area (Å²) < 4.78 is 6.17. The van der Waals surface area contributed by atoms with Crippen LogP contribution in [0.25, 0.3) is 0 Å². The minimum absolute atomic E-state index is 0.0174. The Hall–Kier alpha value is -0.680. The molecular formula is C11H14BrNO2S. The summed E-state index contributed by atoms with van der Waals surface area (Å²) in [5.41, 5.74) is 1.71. The third-order valence-corrected chi connectivity index (χ3v) is 3.03. The van der Waals surface area contributed by atoms with E-state index in [1.54, 1.807) is 7.11 Å². The van der Waals surface area contributed by atoms with Crippen molar-refractivity contribution in [3.63, 3.8) is 0 Å². The number of carbonyl (C=O) groups excluding carboxylic acids is 1. The van der Waals surface area contributed by atoms with E-state index in [1.165, 1.54) is 11.8 Å². The monoisotopic (exact) mass is 303 g/mol. The summed E-state index contributed by atoms with van der Waals surface area (Å²) in [6, 6.07) is 3.78. The number of ether oxygens (including phenoxy) is 1. The quantitative estimate of drug-likeness (QED) is 0.929. The van der Waals surface area contributed by atoms with Gasteiger partial charge in [-0.25, -0.2) is 0 Å². The van der Waals surface area contributed by atoms with Crippen LogP contribution in [0.3, 0.4) is 0 Å². The summed E-state index contributed by atoms with van der Waals surface area (Å²) in [7, 11) is 1.59. The largest absolute Gasteiger partial charge is 0.495 e. The molecule has 0 aromatic heterocycles. The molecule has 88 valence electrons. The molecule has 1 N–H and O–H groups in total. The molecule has 16 heavy (non-hydrogen) atoms. The Balaban J connectivity index is 2.98. The lowest BCUT2D eigenvalue weighted by atomic mass is 10.2. The first-order chi connectivity index (χ1) is 7.58. The van der Waals surface area contributed by atoms with E-state index in [2.05, 4.69) is 21.2 Å². The van der Waals surface area contributed by atoms with Crippen LogP contribution in [-0.4, -0.2) is 25.0 Å². The predicted molar refractivity (Wildman–Crippen MR) is 72.4 cm³/mol. The molecule has 0 spiro atoms. The van der Waals surface area contributed by atoms with Crippen LogP contribution in [0.15, 0.2) is 16.6 Å². The first-order valence-corrected chi connectivity index (χ1v) is 6.90. The zero-order chi connectivity index (χ0) is 12.1. The van der Waals surface area contributed by atoms with Gasteiger partial charge in [0.1, 0.15) is 5.75 Å². The molecule has 0 atom stereocenters. The minimum atomic E-state index is -0.0174. The second kappa shape index (κ2) is 6.15. The summed E-state index contributed by atoms with van der Waals surface area (Å²) in [4.78, 5) is 11.5. The lowest BCUT2D eigenvalue weighted by molar-refractivity contribution is -0.113. The van der Waals surface area contributed by atoms with Crippen molar-refractivity contribution in [2.45, 2.75) is 6.92 Å². The van der Waals surface area contributed by atoms with E-state index in [0.717, 1.165) is 15.7 Å². The van der Waals surface area contributed by atoms with Gasteiger partial charge in [-0.1, -0.05) is 15.9 Å². The average molecular weight is 304 g/mol. The van der Waals surface area contributed by atoms with Crippen LogP contribution >= 0.6 is 27.7 Å². The van der Waals surface area contributed by atoms with Gasteiger partial charge in [0.2, 0.25) is 5.91 Å². The smallest absolute Gasteiger partial charge is 0.234 e. The van der Waals surface area contributed by atoms with Crippen molar-refractivity contribution >= 4 is 39.3 Å². The molecular weight excluding hydrogens is 290 g/mol. The van der Waals surface area contributed by atoms with E-state index in [1.807, 2.05) is 25.3 Å². The van der Waals surface area contributed by atoms with Gasteiger partial charge in [-0.3, -0.25) is 4.79 Å². The zero-order valence-electron chi connectivity index (χ0n) is 9.46. The molecule has 3 nitrogen and oxygen atoms in total. The molecule has 0 radical (unpaired) electrons. The van der Waals surface area contributed by atoms with Crippen LogP contribution in [0, 0.1) is 6.92 Å². The molecule has 0 aliphatic carbocycles. The van der Waals surface area contributed by atoms with Gasteiger partial charge in [0.25, 0.3) is 0 Å². The standard InChI is InChI=1S/C11H14BrNO2S/c1-7-4-8(12)5-9(15-2)11(7)13-10(14)6-16-3/h4-5H,6H2,1-3H3,(H,13,14). The Morgan fingerprint density at radius 1 is 1.56 bits per heavy atom. The maximum atomic E-state index is 11.5. The number of amides is 1. The fourth-order valence-electron chi connectivity index (χ4n) is 1.34. The number of hydrogen-bond donors (Lipinski definition) is 1. The lowest BCUT2D eigenvalue weighted by Gasteiger charge is -2.13. The molecule has 0 heterocycles. The highest BCUT2D eigenvalue weighted by Crippen LogP contribution is 2.32. The number of methoxy groups -OCH3 is 1. The van der Waals surface area contributed by atoms with Crippen molar-refractivity contribution in [2.75, 3.05) is 24.4 Å². The normalized spacial score (nSPS) is 10.0. The highest BCUT2D eigenvalue weighted by atomic mass is 79.9. The number of hydrogen-bond acceptors (Lipinski definition) is 3. The van der Waals surface area contributed by atoms with Gasteiger partial charge in [-0.05, 0) is 30.9 Å². The SMILES string of the molecule is COc1cc(Br)cc(C)c1NC(=O)CSC. The van der Waals surface area contributed by atoms with Crippen LogP contribution in [0.5, 0.6) is 5.75 Å². The lowest BCUT2D eigenvalue weighted by Crippen LogP contribution is -2.15. The van der Waals surface area contributed by atoms with Gasteiger partial charge in [0, 0.05) is 4.47 Å². The average Bonchev–Trinajstić information content (AvgIpc) is 2.22. The number of carbonyl (C=O) groups is 1. The molecule has 0 saturated heterocycles. The molecule has 0 aliphatic rings. The topological polar surface area (TPSA) is 38.3 Å². The molecule has 1 aromatic carbocycles. The van der Waals surface area contributed by atoms with Gasteiger partial charge in [-0.2, -0.15) is 11.8 Å². The van der Waals surface area contributed by atoms with E-state index in [-0.39, 0.29) is 5.91 Å². The number of rotatable bonds is 4. The van der Waals surface area contributed by atoms with Crippen molar-refractivity contribution < 1.29 is 9.53 Å². The van der Waals surface area contributed by atoms with Crippen LogP contribution in [0.4, 0.5) is 5.69 Å². The maximum Gasteiger partial charge on any atom is 0.234 e. The molecule has 0 aliphatic heterocycles. The molecule has 0 unspecified atom stereocenters. The fourth-order valence-corrected chi connectivity index (χ4v) is 2.23. The van der Waals surface area contributed by atoms with Gasteiger partial charge < -0.3 is 10.1 Å². The highest BCUT2D eigenvalue weighted by Gasteiger charge is 2.10. The van der Waals surface area contributed by atoms with E-state index in [4.69, 9.17) is 4.74 Å². The van der Waals surface area contributed by atoms with Gasteiger partial charge in [0.15, 0.2) is 0 Å². The Morgan fingerprint density at radius 3 is 2.81 bits per heavy atom. The number of benzene rings is 1. The number of thioether (sulfide) groups is 1. The van der Waals surface area contributed by atoms with E-state index < -0.39 is 0 Å². The summed E-state index contributed by atoms with van der Waals surface area (Å²) in [5, 5.41) is 2.85. The van der Waals surface area contributed by atoms with Gasteiger partial charge in [0.05, 0.1) is 18.6 Å². The van der Waals surface area contributed by atoms with Crippen molar-refractivity contribution in [2.24, 2.45) is 0 Å². The molecule has 1 amide bonds. The number of anilines is 1. The van der Waals surface area contributed by atoms with Crippen LogP contribution in [-0.2, 0) is 4.79 Å². The van der Waals surface area contributed by atoms with Crippen LogP contribution in [0.2, 0.25) is 0 Å². The summed E-state index contributed by atoms with van der Waals surface area (Å²) in [5.74, 6) is 1.09. The van der Waals surface area contributed by atoms with Crippen LogP contribution in [0.1, 0.15) is 5.56 Å². The minimum Gasteiger partial charge on any atom is -0.495 e. The molecule has 0 saturated carbocycles. The Bertz CT molecular complexity index is 396. The summed E-state index contributed by atoms with van der Waals surface area (Å²) in [6.45, 7) is 1.93. The molecule has 0 fully saturated rings. The Kier molecular flexibility index (Phi) is 5.15. The summed E-state index contributed by atoms with van der Waals surface area (Å²) in [6.07, 6.45) is 1.89. The second-order valence-corrected chi connectivity index (χ2v) is 5.06. The van der Waals surface area contributed by atoms with E-state index in [9.17, 15) is 4.79 Å². The van der Waals surface area contributed by atoms with E-state index >= 15 is 0 Å². The number of halogens is 1. The molecule has 1 rings (SSSR count). The van der Waals surface area contributed by atoms with Crippen molar-refractivity contribution in [1.82, 2.24) is 0 Å². The number of aryl methyl sites for hydroxylation is 1. The number of nitrogens with one attached hydrogen (secondary N) is 1. The third kappa shape index (κ3) is 3.42. The zero-order valence-corrected chi connectivity index (χ0v) is 11.9. The first-order valence-electron chi connectivity index (χ1n) is 4.71. The molecule has 5 heteroatoms. The Morgan fingerprint density at radius 2 is 2.25 bits per heavy atom. The first kappa shape index (κ1) is 13.4. The van der Waals surface area contributed by atoms with Crippen molar-refractivity contribution in [3.8, 4) is 5.75 Å².